The first-order valence-corrected chi connectivity index (χ1v) is 5.60. The Morgan fingerprint density at radius 2 is 2.42 bits per heavy atom. The van der Waals surface area contributed by atoms with Gasteiger partial charge in [0.1, 0.15) is 0 Å². The lowest BCUT2D eigenvalue weighted by molar-refractivity contribution is -0.384. The number of terminal acetylenes is 1. The molecule has 7 nitrogen and oxygen atoms in total. The van der Waals surface area contributed by atoms with E-state index in [1.807, 2.05) is 6.92 Å². The summed E-state index contributed by atoms with van der Waals surface area (Å²) in [6, 6.07) is 0.573. The topological polar surface area (TPSA) is 105 Å². The number of nitro groups is 1. The fourth-order valence-corrected chi connectivity index (χ4v) is 1.47. The third-order valence-corrected chi connectivity index (χ3v) is 2.40. The van der Waals surface area contributed by atoms with Crippen molar-refractivity contribution in [3.63, 3.8) is 0 Å². The van der Waals surface area contributed by atoms with Crippen molar-refractivity contribution in [1.29, 1.82) is 0 Å². The van der Waals surface area contributed by atoms with Crippen molar-refractivity contribution in [3.8, 4) is 12.3 Å². The largest absolute Gasteiger partial charge is 0.478 e. The summed E-state index contributed by atoms with van der Waals surface area (Å²) in [6.45, 7) is 1.93. The molecule has 1 unspecified atom stereocenters. The van der Waals surface area contributed by atoms with Crippen LogP contribution in [0.5, 0.6) is 0 Å². The minimum Gasteiger partial charge on any atom is -0.478 e. The van der Waals surface area contributed by atoms with Gasteiger partial charge in [0.15, 0.2) is 0 Å². The summed E-state index contributed by atoms with van der Waals surface area (Å²) in [7, 11) is 0. The number of hydrogen-bond donors (Lipinski definition) is 2. The Bertz CT molecular complexity index is 536. The first-order valence-electron chi connectivity index (χ1n) is 5.60. The smallest absolute Gasteiger partial charge is 0.337 e. The highest BCUT2D eigenvalue weighted by Crippen LogP contribution is 2.24. The third-order valence-electron chi connectivity index (χ3n) is 2.40. The van der Waals surface area contributed by atoms with Crippen molar-refractivity contribution in [2.24, 2.45) is 0 Å². The van der Waals surface area contributed by atoms with Gasteiger partial charge in [0.25, 0.3) is 0 Å². The second-order valence-electron chi connectivity index (χ2n) is 3.81. The van der Waals surface area contributed by atoms with Crippen LogP contribution in [0, 0.1) is 22.5 Å². The molecular weight excluding hydrogens is 250 g/mol. The summed E-state index contributed by atoms with van der Waals surface area (Å²) in [5.74, 6) is 1.17. The molecule has 0 aliphatic carbocycles. The van der Waals surface area contributed by atoms with Crippen LogP contribution < -0.4 is 5.32 Å². The molecule has 0 bridgehead atoms. The second-order valence-corrected chi connectivity index (χ2v) is 3.81. The summed E-state index contributed by atoms with van der Waals surface area (Å²) >= 11 is 0. The first kappa shape index (κ1) is 14.4. The predicted octanol–water partition coefficient (Wildman–Crippen LogP) is 1.90. The zero-order valence-corrected chi connectivity index (χ0v) is 10.3. The van der Waals surface area contributed by atoms with E-state index in [9.17, 15) is 14.9 Å². The number of nitrogens with zero attached hydrogens (tertiary/aromatic N) is 2. The summed E-state index contributed by atoms with van der Waals surface area (Å²) in [5, 5.41) is 22.4. The fraction of sp³-hybridized carbons (Fsp3) is 0.333. The van der Waals surface area contributed by atoms with Crippen LogP contribution in [0.4, 0.5) is 11.5 Å². The van der Waals surface area contributed by atoms with Crippen molar-refractivity contribution in [2.45, 2.75) is 25.8 Å². The minimum atomic E-state index is -1.27. The van der Waals surface area contributed by atoms with Gasteiger partial charge in [-0.1, -0.05) is 19.3 Å². The summed E-state index contributed by atoms with van der Waals surface area (Å²) in [6.07, 6.45) is 7.80. The van der Waals surface area contributed by atoms with Crippen molar-refractivity contribution in [2.75, 3.05) is 5.32 Å². The molecule has 19 heavy (non-hydrogen) atoms. The van der Waals surface area contributed by atoms with Crippen molar-refractivity contribution < 1.29 is 14.8 Å². The normalized spacial score (nSPS) is 11.4. The molecule has 0 spiro atoms. The number of rotatable bonds is 6. The number of anilines is 1. The molecule has 1 aromatic heterocycles. The number of aromatic nitrogens is 1. The first-order chi connectivity index (χ1) is 8.99. The Labute approximate surface area is 109 Å². The van der Waals surface area contributed by atoms with Gasteiger partial charge in [-0.3, -0.25) is 10.1 Å². The van der Waals surface area contributed by atoms with Crippen LogP contribution in [0.15, 0.2) is 12.3 Å². The molecule has 7 heteroatoms. The van der Waals surface area contributed by atoms with Gasteiger partial charge < -0.3 is 10.4 Å². The molecule has 0 radical (unpaired) electrons. The van der Waals surface area contributed by atoms with Gasteiger partial charge >= 0.3 is 11.7 Å². The highest BCUT2D eigenvalue weighted by molar-refractivity contribution is 5.88. The maximum absolute atomic E-state index is 10.9. The van der Waals surface area contributed by atoms with Crippen LogP contribution >= 0.6 is 0 Å². The van der Waals surface area contributed by atoms with Gasteiger partial charge in [-0.25, -0.2) is 9.78 Å². The second kappa shape index (κ2) is 6.35. The summed E-state index contributed by atoms with van der Waals surface area (Å²) < 4.78 is 0. The molecule has 2 N–H and O–H groups in total. The van der Waals surface area contributed by atoms with Crippen molar-refractivity contribution in [3.05, 3.63) is 27.9 Å². The van der Waals surface area contributed by atoms with Crippen LogP contribution in [-0.4, -0.2) is 27.0 Å². The lowest BCUT2D eigenvalue weighted by Crippen LogP contribution is -2.19. The van der Waals surface area contributed by atoms with E-state index in [0.717, 1.165) is 18.7 Å². The lowest BCUT2D eigenvalue weighted by atomic mass is 10.1. The highest BCUT2D eigenvalue weighted by Gasteiger charge is 2.20. The van der Waals surface area contributed by atoms with E-state index in [4.69, 9.17) is 11.5 Å². The van der Waals surface area contributed by atoms with E-state index in [0.29, 0.717) is 6.42 Å². The average Bonchev–Trinajstić information content (AvgIpc) is 2.37. The van der Waals surface area contributed by atoms with E-state index in [1.165, 1.54) is 0 Å². The van der Waals surface area contributed by atoms with Crippen LogP contribution in [0.1, 0.15) is 30.1 Å². The predicted molar refractivity (Wildman–Crippen MR) is 69.0 cm³/mol. The number of carboxylic acid groups (broad SMARTS) is 1. The van der Waals surface area contributed by atoms with Gasteiger partial charge in [0.05, 0.1) is 16.5 Å². The Morgan fingerprint density at radius 3 is 2.89 bits per heavy atom. The van der Waals surface area contributed by atoms with Crippen molar-refractivity contribution in [1.82, 2.24) is 4.98 Å². The molecule has 0 saturated heterocycles. The van der Waals surface area contributed by atoms with Gasteiger partial charge in [0, 0.05) is 12.3 Å². The standard InChI is InChI=1S/C12H13N3O4/c1-3-5-9(4-2)14-11-10(15(18)19)6-8(7-13-11)12(16)17/h2,6-7,9H,3,5H2,1H3,(H,13,14)(H,16,17). The number of hydrogen-bond acceptors (Lipinski definition) is 5. The molecule has 0 aromatic carbocycles. The molecule has 1 rings (SSSR count). The van der Waals surface area contributed by atoms with E-state index in [1.54, 1.807) is 0 Å². The molecule has 0 fully saturated rings. The van der Waals surface area contributed by atoms with E-state index in [2.05, 4.69) is 16.2 Å². The van der Waals surface area contributed by atoms with Crippen LogP contribution in [-0.2, 0) is 0 Å². The lowest BCUT2D eigenvalue weighted by Gasteiger charge is -2.12. The van der Waals surface area contributed by atoms with E-state index < -0.39 is 16.6 Å². The molecule has 1 atom stereocenters. The molecule has 1 aromatic rings. The number of pyridine rings is 1. The average molecular weight is 263 g/mol. The van der Waals surface area contributed by atoms with E-state index >= 15 is 0 Å². The SMILES string of the molecule is C#CC(CCC)Nc1ncc(C(=O)O)cc1[N+](=O)[O-]. The number of carboxylic acids is 1. The van der Waals surface area contributed by atoms with Crippen LogP contribution in [0.25, 0.3) is 0 Å². The molecule has 100 valence electrons. The Hall–Kier alpha value is -2.62. The van der Waals surface area contributed by atoms with E-state index in [-0.39, 0.29) is 17.4 Å². The zero-order valence-electron chi connectivity index (χ0n) is 10.3. The summed E-state index contributed by atoms with van der Waals surface area (Å²) in [4.78, 5) is 24.7. The number of carbonyl (C=O) groups is 1. The van der Waals surface area contributed by atoms with Crippen LogP contribution in [0.3, 0.4) is 0 Å². The molecule has 0 aliphatic rings. The van der Waals surface area contributed by atoms with Gasteiger partial charge in [-0.15, -0.1) is 6.42 Å². The Morgan fingerprint density at radius 1 is 1.74 bits per heavy atom. The van der Waals surface area contributed by atoms with Gasteiger partial charge in [0.2, 0.25) is 5.82 Å². The monoisotopic (exact) mass is 263 g/mol. The molecule has 1 heterocycles. The molecule has 0 amide bonds. The zero-order chi connectivity index (χ0) is 14.4. The quantitative estimate of drug-likeness (QED) is 0.461. The maximum Gasteiger partial charge on any atom is 0.337 e. The third kappa shape index (κ3) is 3.67. The van der Waals surface area contributed by atoms with Gasteiger partial charge in [-0.05, 0) is 6.42 Å². The van der Waals surface area contributed by atoms with Gasteiger partial charge in [-0.2, -0.15) is 0 Å². The molecule has 0 saturated carbocycles. The minimum absolute atomic E-state index is 0.0219. The highest BCUT2D eigenvalue weighted by atomic mass is 16.6. The summed E-state index contributed by atoms with van der Waals surface area (Å²) in [5.41, 5.74) is -0.652. The Kier molecular flexibility index (Phi) is 4.83. The van der Waals surface area contributed by atoms with Crippen molar-refractivity contribution >= 4 is 17.5 Å². The maximum atomic E-state index is 10.9. The Balaban J connectivity index is 3.10. The fourth-order valence-electron chi connectivity index (χ4n) is 1.47. The molecular formula is C12H13N3O4. The van der Waals surface area contributed by atoms with Crippen LogP contribution in [0.2, 0.25) is 0 Å². The number of aromatic carboxylic acids is 1. The molecule has 0 aliphatic heterocycles. The number of nitrogens with one attached hydrogen (secondary N) is 1.